The van der Waals surface area contributed by atoms with Gasteiger partial charge in [-0.1, -0.05) is 11.8 Å². The van der Waals surface area contributed by atoms with Crippen LogP contribution >= 0.6 is 0 Å². The van der Waals surface area contributed by atoms with Gasteiger partial charge >= 0.3 is 0 Å². The minimum Gasteiger partial charge on any atom is -0.388 e. The van der Waals surface area contributed by atoms with Gasteiger partial charge in [0.1, 0.15) is 12.6 Å². The summed E-state index contributed by atoms with van der Waals surface area (Å²) in [5, 5.41) is 22.7. The largest absolute Gasteiger partial charge is 0.388 e. The lowest BCUT2D eigenvalue weighted by Crippen LogP contribution is -2.46. The molecule has 0 radical (unpaired) electrons. The van der Waals surface area contributed by atoms with E-state index in [1.165, 1.54) is 0 Å². The number of aliphatic hydroxyl groups excluding tert-OH is 1. The third kappa shape index (κ3) is 9.53. The third-order valence-corrected chi connectivity index (χ3v) is 4.82. The molecule has 2 aromatic carbocycles. The van der Waals surface area contributed by atoms with Crippen molar-refractivity contribution in [2.24, 2.45) is 5.73 Å². The second-order valence-electron chi connectivity index (χ2n) is 7.45. The molecule has 2 aromatic rings. The van der Waals surface area contributed by atoms with Crippen LogP contribution in [0.15, 0.2) is 48.5 Å². The Morgan fingerprint density at radius 3 is 2.09 bits per heavy atom. The van der Waals surface area contributed by atoms with E-state index < -0.39 is 24.3 Å². The molecule has 35 heavy (non-hydrogen) atoms. The maximum Gasteiger partial charge on any atom is 0.251 e. The number of ketones is 1. The van der Waals surface area contributed by atoms with Crippen molar-refractivity contribution in [3.8, 4) is 29.8 Å². The SMILES string of the molecule is N#CCCCCC(=O)Nc1ccc(C#CC#Cc2ccc(C(=O)N[C@@H](CN)C(=O)CO)cc2)cc1. The van der Waals surface area contributed by atoms with E-state index in [-0.39, 0.29) is 12.5 Å². The minimum absolute atomic E-state index is 0.0889. The van der Waals surface area contributed by atoms with Gasteiger partial charge in [-0.3, -0.25) is 14.4 Å². The van der Waals surface area contributed by atoms with E-state index in [1.807, 2.05) is 0 Å². The van der Waals surface area contributed by atoms with Crippen molar-refractivity contribution in [3.05, 3.63) is 65.2 Å². The molecule has 0 fully saturated rings. The van der Waals surface area contributed by atoms with E-state index >= 15 is 0 Å². The molecular weight excluding hydrogens is 444 g/mol. The normalized spacial score (nSPS) is 10.4. The average Bonchev–Trinajstić information content (AvgIpc) is 2.88. The Morgan fingerprint density at radius 2 is 1.54 bits per heavy atom. The van der Waals surface area contributed by atoms with Gasteiger partial charge in [-0.2, -0.15) is 5.26 Å². The molecule has 0 saturated carbocycles. The molecule has 0 aliphatic carbocycles. The lowest BCUT2D eigenvalue weighted by molar-refractivity contribution is -0.123. The Kier molecular flexibility index (Phi) is 11.2. The van der Waals surface area contributed by atoms with Gasteiger partial charge < -0.3 is 21.5 Å². The number of unbranched alkanes of at least 4 members (excludes halogenated alkanes) is 2. The third-order valence-electron chi connectivity index (χ3n) is 4.82. The highest BCUT2D eigenvalue weighted by atomic mass is 16.3. The Hall–Kier alpha value is -4.42. The summed E-state index contributed by atoms with van der Waals surface area (Å²) >= 11 is 0. The highest BCUT2D eigenvalue weighted by molar-refractivity contribution is 5.98. The monoisotopic (exact) mass is 470 g/mol. The Morgan fingerprint density at radius 1 is 0.943 bits per heavy atom. The summed E-state index contributed by atoms with van der Waals surface area (Å²) < 4.78 is 0. The molecule has 5 N–H and O–H groups in total. The standard InChI is InChI=1S/C27H26N4O4/c28-17-5-1-2-8-26(34)30-23-15-11-21(12-16-23)7-4-3-6-20-9-13-22(14-10-20)27(35)31-24(18-29)25(33)19-32/h9-16,24,32H,1-2,5,8,18-19,29H2,(H,30,34)(H,31,35)/t24-/m0/s1. The summed E-state index contributed by atoms with van der Waals surface area (Å²) in [5.74, 6) is 10.2. The van der Waals surface area contributed by atoms with Gasteiger partial charge in [0.25, 0.3) is 5.91 Å². The second-order valence-corrected chi connectivity index (χ2v) is 7.45. The summed E-state index contributed by atoms with van der Waals surface area (Å²) in [6, 6.07) is 14.7. The number of Topliss-reactive ketones (excluding diaryl/α,β-unsaturated/α-hetero) is 1. The van der Waals surface area contributed by atoms with Gasteiger partial charge in [0.05, 0.1) is 6.07 Å². The molecule has 0 aromatic heterocycles. The van der Waals surface area contributed by atoms with Crippen molar-refractivity contribution in [2.75, 3.05) is 18.5 Å². The van der Waals surface area contributed by atoms with Crippen molar-refractivity contribution in [2.45, 2.75) is 31.7 Å². The number of carbonyl (C=O) groups is 3. The van der Waals surface area contributed by atoms with Gasteiger partial charge in [-0.25, -0.2) is 0 Å². The fourth-order valence-corrected chi connectivity index (χ4v) is 2.88. The number of anilines is 1. The summed E-state index contributed by atoms with van der Waals surface area (Å²) in [7, 11) is 0. The van der Waals surface area contributed by atoms with Crippen molar-refractivity contribution >= 4 is 23.3 Å². The minimum atomic E-state index is -0.937. The molecule has 0 aliphatic heterocycles. The van der Waals surface area contributed by atoms with Crippen LogP contribution in [0.4, 0.5) is 5.69 Å². The number of aliphatic hydroxyl groups is 1. The first-order valence-electron chi connectivity index (χ1n) is 11.0. The smallest absolute Gasteiger partial charge is 0.251 e. The van der Waals surface area contributed by atoms with Gasteiger partial charge in [0, 0.05) is 41.8 Å². The van der Waals surface area contributed by atoms with Crippen LogP contribution < -0.4 is 16.4 Å². The Balaban J connectivity index is 1.89. The van der Waals surface area contributed by atoms with Crippen LogP contribution in [0.2, 0.25) is 0 Å². The van der Waals surface area contributed by atoms with Crippen LogP contribution in [0.1, 0.15) is 47.2 Å². The number of carbonyl (C=O) groups excluding carboxylic acids is 3. The maximum atomic E-state index is 12.2. The zero-order valence-electron chi connectivity index (χ0n) is 19.1. The predicted octanol–water partition coefficient (Wildman–Crippen LogP) is 1.73. The van der Waals surface area contributed by atoms with E-state index in [0.29, 0.717) is 42.5 Å². The van der Waals surface area contributed by atoms with Gasteiger partial charge in [-0.15, -0.1) is 0 Å². The molecule has 0 saturated heterocycles. The zero-order valence-corrected chi connectivity index (χ0v) is 19.1. The van der Waals surface area contributed by atoms with E-state index in [4.69, 9.17) is 16.1 Å². The molecule has 2 amide bonds. The predicted molar refractivity (Wildman–Crippen MR) is 132 cm³/mol. The summed E-state index contributed by atoms with van der Waals surface area (Å²) in [6.07, 6.45) is 2.22. The molecular formula is C27H26N4O4. The van der Waals surface area contributed by atoms with Crippen molar-refractivity contribution in [3.63, 3.8) is 0 Å². The van der Waals surface area contributed by atoms with E-state index in [2.05, 4.69) is 40.4 Å². The molecule has 0 heterocycles. The van der Waals surface area contributed by atoms with Crippen LogP contribution in [-0.4, -0.2) is 41.9 Å². The van der Waals surface area contributed by atoms with E-state index in [9.17, 15) is 14.4 Å². The van der Waals surface area contributed by atoms with Crippen molar-refractivity contribution in [1.29, 1.82) is 5.26 Å². The molecule has 8 nitrogen and oxygen atoms in total. The summed E-state index contributed by atoms with van der Waals surface area (Å²) in [4.78, 5) is 35.6. The topological polar surface area (TPSA) is 145 Å². The number of nitrogens with two attached hydrogens (primary N) is 1. The van der Waals surface area contributed by atoms with Crippen molar-refractivity contribution < 1.29 is 19.5 Å². The number of amides is 2. The molecule has 0 aliphatic rings. The Bertz CT molecular complexity index is 1190. The van der Waals surface area contributed by atoms with E-state index in [0.717, 1.165) is 5.56 Å². The van der Waals surface area contributed by atoms with Crippen LogP contribution in [0.5, 0.6) is 0 Å². The number of nitrogens with zero attached hydrogens (tertiary/aromatic N) is 1. The molecule has 8 heteroatoms. The quantitative estimate of drug-likeness (QED) is 0.307. The van der Waals surface area contributed by atoms with Crippen molar-refractivity contribution in [1.82, 2.24) is 5.32 Å². The number of rotatable bonds is 10. The Labute approximate surface area is 204 Å². The number of hydrogen-bond donors (Lipinski definition) is 4. The second kappa shape index (κ2) is 14.7. The van der Waals surface area contributed by atoms with Crippen LogP contribution in [0.3, 0.4) is 0 Å². The number of nitriles is 1. The highest BCUT2D eigenvalue weighted by Gasteiger charge is 2.18. The van der Waals surface area contributed by atoms with Crippen LogP contribution in [0, 0.1) is 35.0 Å². The first-order valence-corrected chi connectivity index (χ1v) is 11.0. The lowest BCUT2D eigenvalue weighted by atomic mass is 10.1. The average molecular weight is 471 g/mol. The number of hydrogen-bond acceptors (Lipinski definition) is 6. The molecule has 0 spiro atoms. The molecule has 0 bridgehead atoms. The van der Waals surface area contributed by atoms with Gasteiger partial charge in [0.15, 0.2) is 5.78 Å². The highest BCUT2D eigenvalue weighted by Crippen LogP contribution is 2.10. The molecule has 0 unspecified atom stereocenters. The summed E-state index contributed by atoms with van der Waals surface area (Å²) in [6.45, 7) is -0.793. The van der Waals surface area contributed by atoms with Gasteiger partial charge in [-0.05, 0) is 73.2 Å². The van der Waals surface area contributed by atoms with Gasteiger partial charge in [0.2, 0.25) is 5.91 Å². The summed E-state index contributed by atoms with van der Waals surface area (Å²) in [5.41, 5.74) is 7.87. The first kappa shape index (κ1) is 26.8. The fraction of sp³-hybridized carbons (Fsp3) is 0.259. The molecule has 1 atom stereocenters. The van der Waals surface area contributed by atoms with Crippen LogP contribution in [0.25, 0.3) is 0 Å². The molecule has 2 rings (SSSR count). The first-order chi connectivity index (χ1) is 17.0. The number of benzene rings is 2. The maximum absolute atomic E-state index is 12.2. The van der Waals surface area contributed by atoms with E-state index in [1.54, 1.807) is 48.5 Å². The zero-order chi connectivity index (χ0) is 25.5. The van der Waals surface area contributed by atoms with Crippen LogP contribution in [-0.2, 0) is 9.59 Å². The molecule has 178 valence electrons. The number of nitrogens with one attached hydrogen (secondary N) is 2. The fourth-order valence-electron chi connectivity index (χ4n) is 2.88. The lowest BCUT2D eigenvalue weighted by Gasteiger charge is -2.14.